The van der Waals surface area contributed by atoms with E-state index in [9.17, 15) is 13.6 Å². The maximum atomic E-state index is 12.7. The molecule has 6 heteroatoms. The predicted molar refractivity (Wildman–Crippen MR) is 90.1 cm³/mol. The molecule has 0 saturated heterocycles. The molecule has 0 aliphatic heterocycles. The van der Waals surface area contributed by atoms with Crippen LogP contribution in [0.1, 0.15) is 50.4 Å². The van der Waals surface area contributed by atoms with Gasteiger partial charge in [0, 0.05) is 11.6 Å². The Morgan fingerprint density at radius 2 is 2.00 bits per heavy atom. The number of hydrogen-bond donors (Lipinski definition) is 1. The lowest BCUT2D eigenvalue weighted by Crippen LogP contribution is -2.46. The smallest absolute Gasteiger partial charge is 0.387 e. The van der Waals surface area contributed by atoms with Crippen molar-refractivity contribution in [1.82, 2.24) is 5.32 Å². The quantitative estimate of drug-likeness (QED) is 0.861. The van der Waals surface area contributed by atoms with Crippen molar-refractivity contribution in [2.75, 3.05) is 7.11 Å². The Morgan fingerprint density at radius 3 is 2.52 bits per heavy atom. The average Bonchev–Trinajstić information content (AvgIpc) is 2.88. The first-order valence-electron chi connectivity index (χ1n) is 8.63. The van der Waals surface area contributed by atoms with Crippen LogP contribution in [0.5, 0.6) is 11.5 Å². The van der Waals surface area contributed by atoms with Gasteiger partial charge in [-0.15, -0.1) is 0 Å². The van der Waals surface area contributed by atoms with Crippen molar-refractivity contribution in [3.63, 3.8) is 0 Å². The van der Waals surface area contributed by atoms with E-state index in [2.05, 4.69) is 30.8 Å². The van der Waals surface area contributed by atoms with Gasteiger partial charge in [-0.05, 0) is 54.2 Å². The van der Waals surface area contributed by atoms with Gasteiger partial charge in [0.25, 0.3) is 5.91 Å². The third-order valence-corrected chi connectivity index (χ3v) is 6.74. The highest BCUT2D eigenvalue weighted by Crippen LogP contribution is 2.65. The second-order valence-electron chi connectivity index (χ2n) is 7.88. The van der Waals surface area contributed by atoms with Crippen molar-refractivity contribution in [2.45, 2.75) is 52.7 Å². The zero-order valence-corrected chi connectivity index (χ0v) is 15.1. The molecule has 2 saturated carbocycles. The van der Waals surface area contributed by atoms with Crippen LogP contribution in [0.3, 0.4) is 0 Å². The largest absolute Gasteiger partial charge is 0.493 e. The van der Waals surface area contributed by atoms with Crippen LogP contribution < -0.4 is 14.8 Å². The zero-order valence-electron chi connectivity index (χ0n) is 15.1. The minimum Gasteiger partial charge on any atom is -0.493 e. The topological polar surface area (TPSA) is 47.6 Å². The Balaban J connectivity index is 1.76. The normalized spacial score (nSPS) is 29.7. The molecule has 138 valence electrons. The average molecular weight is 353 g/mol. The minimum atomic E-state index is -2.94. The van der Waals surface area contributed by atoms with Crippen molar-refractivity contribution in [3.05, 3.63) is 23.8 Å². The molecule has 0 heterocycles. The van der Waals surface area contributed by atoms with Gasteiger partial charge >= 0.3 is 6.61 Å². The summed E-state index contributed by atoms with van der Waals surface area (Å²) in [6.45, 7) is 3.89. The van der Waals surface area contributed by atoms with E-state index in [0.29, 0.717) is 11.5 Å². The molecule has 2 fully saturated rings. The molecule has 2 bridgehead atoms. The second-order valence-corrected chi connectivity index (χ2v) is 7.88. The van der Waals surface area contributed by atoms with Crippen molar-refractivity contribution < 1.29 is 23.0 Å². The first-order valence-corrected chi connectivity index (χ1v) is 8.63. The van der Waals surface area contributed by atoms with E-state index in [1.54, 1.807) is 0 Å². The van der Waals surface area contributed by atoms with Crippen LogP contribution >= 0.6 is 0 Å². The van der Waals surface area contributed by atoms with E-state index in [1.165, 1.54) is 31.7 Å². The number of ether oxygens (including phenoxy) is 2. The Kier molecular flexibility index (Phi) is 4.41. The number of halogens is 2. The fraction of sp³-hybridized carbons (Fsp3) is 0.632. The van der Waals surface area contributed by atoms with Gasteiger partial charge in [-0.1, -0.05) is 20.8 Å². The molecular formula is C19H25F2NO3. The van der Waals surface area contributed by atoms with Gasteiger partial charge in [0.05, 0.1) is 7.11 Å². The van der Waals surface area contributed by atoms with E-state index in [4.69, 9.17) is 4.74 Å². The molecule has 0 radical (unpaired) electrons. The summed E-state index contributed by atoms with van der Waals surface area (Å²) in [6.07, 6.45) is 3.31. The molecule has 3 unspecified atom stereocenters. The van der Waals surface area contributed by atoms with Gasteiger partial charge in [0.2, 0.25) is 0 Å². The van der Waals surface area contributed by atoms with Crippen LogP contribution in [-0.4, -0.2) is 25.7 Å². The first kappa shape index (κ1) is 18.0. The second kappa shape index (κ2) is 6.15. The van der Waals surface area contributed by atoms with Crippen LogP contribution in [0.25, 0.3) is 0 Å². The SMILES string of the molecule is COc1cc(C(=O)NC2CC3CCC2(C)C3(C)C)ccc1OC(F)F. The first-order chi connectivity index (χ1) is 11.7. The summed E-state index contributed by atoms with van der Waals surface area (Å²) in [4.78, 5) is 12.7. The van der Waals surface area contributed by atoms with Gasteiger partial charge in [0.15, 0.2) is 11.5 Å². The third-order valence-electron chi connectivity index (χ3n) is 6.74. The van der Waals surface area contributed by atoms with Gasteiger partial charge in [0.1, 0.15) is 0 Å². The summed E-state index contributed by atoms with van der Waals surface area (Å²) in [6, 6.07) is 4.38. The van der Waals surface area contributed by atoms with E-state index in [-0.39, 0.29) is 34.3 Å². The number of nitrogens with one attached hydrogen (secondary N) is 1. The fourth-order valence-corrected chi connectivity index (χ4v) is 4.67. The number of carbonyl (C=O) groups is 1. The number of amides is 1. The maximum Gasteiger partial charge on any atom is 0.387 e. The highest BCUT2D eigenvalue weighted by atomic mass is 19.3. The monoisotopic (exact) mass is 353 g/mol. The number of carbonyl (C=O) groups excluding carboxylic acids is 1. The number of methoxy groups -OCH3 is 1. The summed E-state index contributed by atoms with van der Waals surface area (Å²) in [5, 5.41) is 3.15. The number of rotatable bonds is 5. The van der Waals surface area contributed by atoms with Crippen LogP contribution in [-0.2, 0) is 0 Å². The van der Waals surface area contributed by atoms with Crippen molar-refractivity contribution in [2.24, 2.45) is 16.7 Å². The van der Waals surface area contributed by atoms with Crippen LogP contribution in [0.15, 0.2) is 18.2 Å². The highest BCUT2D eigenvalue weighted by Gasteiger charge is 2.61. The molecule has 25 heavy (non-hydrogen) atoms. The van der Waals surface area contributed by atoms with Gasteiger partial charge in [-0.3, -0.25) is 4.79 Å². The number of hydrogen-bond acceptors (Lipinski definition) is 3. The summed E-state index contributed by atoms with van der Waals surface area (Å²) in [5.41, 5.74) is 0.663. The Hall–Kier alpha value is -1.85. The van der Waals surface area contributed by atoms with Gasteiger partial charge in [-0.2, -0.15) is 8.78 Å². The maximum absolute atomic E-state index is 12.7. The summed E-state index contributed by atoms with van der Waals surface area (Å²) >= 11 is 0. The molecule has 2 aliphatic carbocycles. The lowest BCUT2D eigenvalue weighted by atomic mass is 9.69. The molecule has 3 atom stereocenters. The fourth-order valence-electron chi connectivity index (χ4n) is 4.67. The molecule has 1 N–H and O–H groups in total. The lowest BCUT2D eigenvalue weighted by Gasteiger charge is -2.39. The van der Waals surface area contributed by atoms with Crippen molar-refractivity contribution >= 4 is 5.91 Å². The molecule has 2 aliphatic rings. The minimum absolute atomic E-state index is 0.0795. The number of alkyl halides is 2. The molecule has 3 rings (SSSR count). The van der Waals surface area contributed by atoms with Crippen molar-refractivity contribution in [3.8, 4) is 11.5 Å². The summed E-state index contributed by atoms with van der Waals surface area (Å²) < 4.78 is 34.3. The van der Waals surface area contributed by atoms with Gasteiger partial charge in [-0.25, -0.2) is 0 Å². The zero-order chi connectivity index (χ0) is 18.4. The summed E-state index contributed by atoms with van der Waals surface area (Å²) in [7, 11) is 1.36. The predicted octanol–water partition coefficient (Wildman–Crippen LogP) is 4.24. The Bertz CT molecular complexity index is 677. The molecule has 0 aromatic heterocycles. The number of fused-ring (bicyclic) bond motifs is 2. The Morgan fingerprint density at radius 1 is 1.28 bits per heavy atom. The molecule has 0 spiro atoms. The van der Waals surface area contributed by atoms with Crippen LogP contribution in [0, 0.1) is 16.7 Å². The van der Waals surface area contributed by atoms with E-state index >= 15 is 0 Å². The van der Waals surface area contributed by atoms with Crippen LogP contribution in [0.4, 0.5) is 8.78 Å². The third kappa shape index (κ3) is 2.85. The van der Waals surface area contributed by atoms with E-state index < -0.39 is 6.61 Å². The molecular weight excluding hydrogens is 328 g/mol. The number of benzene rings is 1. The van der Waals surface area contributed by atoms with E-state index in [1.807, 2.05) is 0 Å². The van der Waals surface area contributed by atoms with Gasteiger partial charge < -0.3 is 14.8 Å². The van der Waals surface area contributed by atoms with Crippen LogP contribution in [0.2, 0.25) is 0 Å². The highest BCUT2D eigenvalue weighted by molar-refractivity contribution is 5.95. The molecule has 4 nitrogen and oxygen atoms in total. The Labute approximate surface area is 146 Å². The van der Waals surface area contributed by atoms with E-state index in [0.717, 1.165) is 12.8 Å². The van der Waals surface area contributed by atoms with Crippen molar-refractivity contribution in [1.29, 1.82) is 0 Å². The standard InChI is InChI=1S/C19H25F2NO3/c1-18(2)12-7-8-19(18,3)15(10-12)22-16(23)11-5-6-13(25-17(20)21)14(9-11)24-4/h5-6,9,12,15,17H,7-8,10H2,1-4H3,(H,22,23). The summed E-state index contributed by atoms with van der Waals surface area (Å²) in [5.74, 6) is 0.449. The lowest BCUT2D eigenvalue weighted by molar-refractivity contribution is -0.0512. The molecule has 1 amide bonds. The molecule has 1 aromatic rings. The molecule has 1 aromatic carbocycles.